The lowest BCUT2D eigenvalue weighted by atomic mass is 10.0. The summed E-state index contributed by atoms with van der Waals surface area (Å²) in [4.78, 5) is 0. The Morgan fingerprint density at radius 2 is 2.00 bits per heavy atom. The molecule has 0 bridgehead atoms. The Morgan fingerprint density at radius 1 is 1.38 bits per heavy atom. The van der Waals surface area contributed by atoms with E-state index in [1.165, 1.54) is 0 Å². The minimum absolute atomic E-state index is 0.147. The van der Waals surface area contributed by atoms with Crippen LogP contribution in [0, 0.1) is 6.92 Å². The fourth-order valence-electron chi connectivity index (χ4n) is 1.41. The Balaban J connectivity index is 2.70. The van der Waals surface area contributed by atoms with Crippen molar-refractivity contribution < 1.29 is 13.2 Å². The lowest BCUT2D eigenvalue weighted by Gasteiger charge is -2.15. The molecule has 1 aromatic rings. The normalized spacial score (nSPS) is 13.9. The zero-order valence-corrected chi connectivity index (χ0v) is 9.57. The van der Waals surface area contributed by atoms with Crippen molar-refractivity contribution in [1.29, 1.82) is 0 Å². The molecule has 0 fully saturated rings. The molecule has 0 amide bonds. The molecule has 90 valence electrons. The molecule has 5 heteroatoms. The second-order valence-electron chi connectivity index (χ2n) is 3.79. The van der Waals surface area contributed by atoms with Gasteiger partial charge < -0.3 is 5.73 Å². The maximum absolute atomic E-state index is 12.0. The number of alkyl halides is 3. The molecule has 1 atom stereocenters. The summed E-state index contributed by atoms with van der Waals surface area (Å²) in [5.74, 6) is 0. The summed E-state index contributed by atoms with van der Waals surface area (Å²) in [5, 5.41) is 0.426. The van der Waals surface area contributed by atoms with E-state index in [2.05, 4.69) is 0 Å². The highest BCUT2D eigenvalue weighted by Gasteiger charge is 2.28. The molecule has 1 aromatic carbocycles. The van der Waals surface area contributed by atoms with Gasteiger partial charge in [-0.25, -0.2) is 0 Å². The Bertz CT molecular complexity index is 363. The monoisotopic (exact) mass is 251 g/mol. The first-order chi connectivity index (χ1) is 7.29. The van der Waals surface area contributed by atoms with E-state index in [0.717, 1.165) is 5.56 Å². The van der Waals surface area contributed by atoms with Crippen LogP contribution in [0.1, 0.15) is 30.0 Å². The fraction of sp³-hybridized carbons (Fsp3) is 0.455. The van der Waals surface area contributed by atoms with Crippen molar-refractivity contribution in [3.8, 4) is 0 Å². The maximum Gasteiger partial charge on any atom is 0.389 e. The lowest BCUT2D eigenvalue weighted by Crippen LogP contribution is -2.16. The maximum atomic E-state index is 12.0. The van der Waals surface area contributed by atoms with Crippen molar-refractivity contribution in [2.45, 2.75) is 32.0 Å². The van der Waals surface area contributed by atoms with Crippen LogP contribution in [0.2, 0.25) is 5.02 Å². The second-order valence-corrected chi connectivity index (χ2v) is 4.19. The number of hydrogen-bond donors (Lipinski definition) is 1. The van der Waals surface area contributed by atoms with E-state index in [-0.39, 0.29) is 6.42 Å². The number of nitrogens with two attached hydrogens (primary N) is 1. The van der Waals surface area contributed by atoms with Gasteiger partial charge in [-0.3, -0.25) is 0 Å². The molecule has 0 heterocycles. The van der Waals surface area contributed by atoms with Crippen LogP contribution < -0.4 is 5.73 Å². The highest BCUT2D eigenvalue weighted by atomic mass is 35.5. The zero-order chi connectivity index (χ0) is 12.3. The standard InChI is InChI=1S/C11H13ClF3N/c1-7-2-3-8(9(12)6-7)10(16)4-5-11(13,14)15/h2-3,6,10H,4-5,16H2,1H3. The van der Waals surface area contributed by atoms with Gasteiger partial charge in [-0.1, -0.05) is 23.7 Å². The van der Waals surface area contributed by atoms with Gasteiger partial charge in [0.1, 0.15) is 0 Å². The quantitative estimate of drug-likeness (QED) is 0.864. The van der Waals surface area contributed by atoms with Gasteiger partial charge >= 0.3 is 6.18 Å². The van der Waals surface area contributed by atoms with E-state index in [1.54, 1.807) is 18.2 Å². The first-order valence-corrected chi connectivity index (χ1v) is 5.26. The van der Waals surface area contributed by atoms with Crippen LogP contribution in [0.4, 0.5) is 13.2 Å². The van der Waals surface area contributed by atoms with Crippen LogP contribution in [-0.4, -0.2) is 6.18 Å². The van der Waals surface area contributed by atoms with Crippen LogP contribution in [0.3, 0.4) is 0 Å². The predicted octanol–water partition coefficient (Wildman–Crippen LogP) is 3.99. The Morgan fingerprint density at radius 3 is 2.50 bits per heavy atom. The van der Waals surface area contributed by atoms with Gasteiger partial charge in [0.2, 0.25) is 0 Å². The van der Waals surface area contributed by atoms with Crippen LogP contribution in [0.15, 0.2) is 18.2 Å². The molecule has 0 aliphatic rings. The smallest absolute Gasteiger partial charge is 0.324 e. The van der Waals surface area contributed by atoms with E-state index < -0.39 is 18.6 Å². The summed E-state index contributed by atoms with van der Waals surface area (Å²) in [6.45, 7) is 1.86. The number of halogens is 4. The molecule has 0 aromatic heterocycles. The molecule has 1 nitrogen and oxygen atoms in total. The molecule has 0 saturated heterocycles. The summed E-state index contributed by atoms with van der Waals surface area (Å²) in [7, 11) is 0. The fourth-order valence-corrected chi connectivity index (χ4v) is 1.78. The highest BCUT2D eigenvalue weighted by Crippen LogP contribution is 2.29. The largest absolute Gasteiger partial charge is 0.389 e. The topological polar surface area (TPSA) is 26.0 Å². The van der Waals surface area contributed by atoms with Gasteiger partial charge in [0.15, 0.2) is 0 Å². The molecule has 1 rings (SSSR count). The Labute approximate surface area is 97.4 Å². The second kappa shape index (κ2) is 5.06. The molecule has 0 aliphatic carbocycles. The summed E-state index contributed by atoms with van der Waals surface area (Å²) in [6, 6.07) is 4.49. The molecule has 2 N–H and O–H groups in total. The van der Waals surface area contributed by atoms with Gasteiger partial charge in [-0.05, 0) is 30.5 Å². The SMILES string of the molecule is Cc1ccc(C(N)CCC(F)(F)F)c(Cl)c1. The average Bonchev–Trinajstić information content (AvgIpc) is 2.13. The molecular formula is C11H13ClF3N. The molecule has 16 heavy (non-hydrogen) atoms. The van der Waals surface area contributed by atoms with Crippen molar-refractivity contribution in [1.82, 2.24) is 0 Å². The highest BCUT2D eigenvalue weighted by molar-refractivity contribution is 6.31. The van der Waals surface area contributed by atoms with Crippen molar-refractivity contribution in [3.05, 3.63) is 34.3 Å². The van der Waals surface area contributed by atoms with E-state index in [4.69, 9.17) is 17.3 Å². The van der Waals surface area contributed by atoms with Crippen molar-refractivity contribution in [3.63, 3.8) is 0 Å². The minimum Gasteiger partial charge on any atom is -0.324 e. The van der Waals surface area contributed by atoms with Crippen LogP contribution in [-0.2, 0) is 0 Å². The van der Waals surface area contributed by atoms with Crippen LogP contribution in [0.5, 0.6) is 0 Å². The summed E-state index contributed by atoms with van der Waals surface area (Å²) in [6.07, 6.45) is -5.21. The number of aryl methyl sites for hydroxylation is 1. The van der Waals surface area contributed by atoms with E-state index in [1.807, 2.05) is 6.92 Å². The summed E-state index contributed by atoms with van der Waals surface area (Å²) < 4.78 is 36.0. The minimum atomic E-state index is -4.17. The van der Waals surface area contributed by atoms with Crippen molar-refractivity contribution in [2.24, 2.45) is 5.73 Å². The first kappa shape index (κ1) is 13.3. The third-order valence-electron chi connectivity index (χ3n) is 2.29. The van der Waals surface area contributed by atoms with E-state index in [0.29, 0.717) is 10.6 Å². The van der Waals surface area contributed by atoms with Gasteiger partial charge in [0.25, 0.3) is 0 Å². The zero-order valence-electron chi connectivity index (χ0n) is 8.81. The molecule has 0 aliphatic heterocycles. The number of hydrogen-bond acceptors (Lipinski definition) is 1. The van der Waals surface area contributed by atoms with Gasteiger partial charge in [-0.2, -0.15) is 13.2 Å². The Hall–Kier alpha value is -0.740. The summed E-state index contributed by atoms with van der Waals surface area (Å²) >= 11 is 5.91. The number of rotatable bonds is 3. The molecule has 0 spiro atoms. The first-order valence-electron chi connectivity index (χ1n) is 4.88. The molecule has 1 unspecified atom stereocenters. The lowest BCUT2D eigenvalue weighted by molar-refractivity contribution is -0.136. The van der Waals surface area contributed by atoms with Crippen molar-refractivity contribution >= 4 is 11.6 Å². The molecule has 0 radical (unpaired) electrons. The third kappa shape index (κ3) is 4.02. The van der Waals surface area contributed by atoms with Gasteiger partial charge in [0.05, 0.1) is 0 Å². The van der Waals surface area contributed by atoms with E-state index in [9.17, 15) is 13.2 Å². The molecule has 0 saturated carbocycles. The van der Waals surface area contributed by atoms with Gasteiger partial charge in [0, 0.05) is 17.5 Å². The predicted molar refractivity (Wildman–Crippen MR) is 58.4 cm³/mol. The third-order valence-corrected chi connectivity index (χ3v) is 2.62. The van der Waals surface area contributed by atoms with Gasteiger partial charge in [-0.15, -0.1) is 0 Å². The summed E-state index contributed by atoms with van der Waals surface area (Å²) in [5.41, 5.74) is 7.19. The average molecular weight is 252 g/mol. The Kier molecular flexibility index (Phi) is 4.21. The molecular weight excluding hydrogens is 239 g/mol. The van der Waals surface area contributed by atoms with Crippen LogP contribution >= 0.6 is 11.6 Å². The van der Waals surface area contributed by atoms with Crippen molar-refractivity contribution in [2.75, 3.05) is 0 Å². The van der Waals surface area contributed by atoms with E-state index >= 15 is 0 Å². The van der Waals surface area contributed by atoms with Crippen LogP contribution in [0.25, 0.3) is 0 Å². The number of benzene rings is 1.